The van der Waals surface area contributed by atoms with Gasteiger partial charge in [-0.25, -0.2) is 0 Å². The highest BCUT2D eigenvalue weighted by Gasteiger charge is 2.56. The third-order valence-electron chi connectivity index (χ3n) is 5.02. The molecule has 2 N–H and O–H groups in total. The van der Waals surface area contributed by atoms with Crippen LogP contribution in [0.5, 0.6) is 0 Å². The van der Waals surface area contributed by atoms with Crippen LogP contribution in [0.2, 0.25) is 0 Å². The number of aryl methyl sites for hydroxylation is 1. The first-order chi connectivity index (χ1) is 10.3. The molecule has 1 aromatic carbocycles. The maximum absolute atomic E-state index is 12.3. The van der Waals surface area contributed by atoms with E-state index in [2.05, 4.69) is 29.6 Å². The van der Waals surface area contributed by atoms with Crippen molar-refractivity contribution in [3.8, 4) is 0 Å². The van der Waals surface area contributed by atoms with Crippen molar-refractivity contribution in [2.24, 2.45) is 11.8 Å². The summed E-state index contributed by atoms with van der Waals surface area (Å²) in [5, 5.41) is 11.8. The number of carbonyl (C=O) groups is 1. The molecule has 3 rings (SSSR count). The Bertz CT molecular complexity index is 500. The lowest BCUT2D eigenvalue weighted by Crippen LogP contribution is -2.26. The second-order valence-corrected chi connectivity index (χ2v) is 6.38. The lowest BCUT2D eigenvalue weighted by atomic mass is 9.92. The molecule has 0 spiro atoms. The topological polar surface area (TPSA) is 49.3 Å². The van der Waals surface area contributed by atoms with Gasteiger partial charge >= 0.3 is 0 Å². The van der Waals surface area contributed by atoms with E-state index >= 15 is 0 Å². The van der Waals surface area contributed by atoms with Crippen molar-refractivity contribution in [3.05, 3.63) is 35.4 Å². The summed E-state index contributed by atoms with van der Waals surface area (Å²) >= 11 is 0. The molecule has 1 amide bonds. The van der Waals surface area contributed by atoms with Crippen LogP contribution in [0.25, 0.3) is 0 Å². The van der Waals surface area contributed by atoms with Gasteiger partial charge in [-0.2, -0.15) is 0 Å². The Labute approximate surface area is 126 Å². The first-order valence-electron chi connectivity index (χ1n) is 8.29. The van der Waals surface area contributed by atoms with E-state index in [1.807, 2.05) is 0 Å². The molecule has 2 aliphatic carbocycles. The zero-order valence-electron chi connectivity index (χ0n) is 12.6. The first kappa shape index (κ1) is 14.6. The van der Waals surface area contributed by atoms with Crippen molar-refractivity contribution in [2.45, 2.75) is 44.4 Å². The zero-order valence-corrected chi connectivity index (χ0v) is 12.6. The normalized spacial score (nSPS) is 25.9. The van der Waals surface area contributed by atoms with Crippen LogP contribution in [0.1, 0.15) is 49.1 Å². The Kier molecular flexibility index (Phi) is 4.59. The van der Waals surface area contributed by atoms with Gasteiger partial charge < -0.3 is 10.4 Å². The number of aliphatic hydroxyl groups excluding tert-OH is 1. The molecule has 3 heteroatoms. The highest BCUT2D eigenvalue weighted by molar-refractivity contribution is 5.84. The van der Waals surface area contributed by atoms with Gasteiger partial charge in [-0.1, -0.05) is 37.1 Å². The van der Waals surface area contributed by atoms with Gasteiger partial charge in [0.1, 0.15) is 0 Å². The Morgan fingerprint density at radius 3 is 2.86 bits per heavy atom. The minimum absolute atomic E-state index is 0.214. The molecule has 21 heavy (non-hydrogen) atoms. The molecule has 0 aliphatic heterocycles. The third kappa shape index (κ3) is 3.13. The summed E-state index contributed by atoms with van der Waals surface area (Å²) in [7, 11) is 0. The Balaban J connectivity index is 1.46. The number of rotatable bonds is 7. The lowest BCUT2D eigenvalue weighted by molar-refractivity contribution is -0.122. The number of unbranched alkanes of at least 4 members (excludes halogenated alkanes) is 3. The molecule has 2 aliphatic rings. The molecule has 0 bridgehead atoms. The predicted octanol–water partition coefficient (Wildman–Crippen LogP) is 2.63. The fourth-order valence-electron chi connectivity index (χ4n) is 3.84. The number of amides is 1. The number of hydrogen-bond donors (Lipinski definition) is 2. The van der Waals surface area contributed by atoms with E-state index in [0.29, 0.717) is 11.8 Å². The van der Waals surface area contributed by atoms with Gasteiger partial charge in [0.05, 0.1) is 0 Å². The monoisotopic (exact) mass is 287 g/mol. The van der Waals surface area contributed by atoms with Gasteiger partial charge in [-0.05, 0) is 48.6 Å². The molecule has 1 saturated carbocycles. The second kappa shape index (κ2) is 6.61. The molecular weight excluding hydrogens is 262 g/mol. The minimum Gasteiger partial charge on any atom is -0.396 e. The van der Waals surface area contributed by atoms with Gasteiger partial charge in [0.2, 0.25) is 5.91 Å². The predicted molar refractivity (Wildman–Crippen MR) is 83.0 cm³/mol. The van der Waals surface area contributed by atoms with E-state index in [1.54, 1.807) is 0 Å². The van der Waals surface area contributed by atoms with Gasteiger partial charge in [0.25, 0.3) is 0 Å². The summed E-state index contributed by atoms with van der Waals surface area (Å²) in [5.41, 5.74) is 2.86. The van der Waals surface area contributed by atoms with Crippen LogP contribution in [0, 0.1) is 11.8 Å². The summed E-state index contributed by atoms with van der Waals surface area (Å²) in [5.74, 6) is 1.52. The standard InChI is InChI=1S/C18H25NO2/c20-12-6-2-1-5-11-19-18(21)17-15-10-9-13-7-3-4-8-14(13)16(15)17/h3-4,7-8,15-17,20H,1-2,5-6,9-12H2,(H,19,21). The Morgan fingerprint density at radius 2 is 2.00 bits per heavy atom. The highest BCUT2D eigenvalue weighted by Crippen LogP contribution is 2.59. The second-order valence-electron chi connectivity index (χ2n) is 6.38. The highest BCUT2D eigenvalue weighted by atomic mass is 16.2. The molecule has 0 heterocycles. The summed E-state index contributed by atoms with van der Waals surface area (Å²) in [6.07, 6.45) is 6.32. The van der Waals surface area contributed by atoms with Crippen LogP contribution < -0.4 is 5.32 Å². The third-order valence-corrected chi connectivity index (χ3v) is 5.02. The lowest BCUT2D eigenvalue weighted by Gasteiger charge is -2.13. The fraction of sp³-hybridized carbons (Fsp3) is 0.611. The van der Waals surface area contributed by atoms with Gasteiger partial charge in [-0.15, -0.1) is 0 Å². The van der Waals surface area contributed by atoms with E-state index in [0.717, 1.165) is 45.1 Å². The number of hydrogen-bond acceptors (Lipinski definition) is 2. The molecule has 0 radical (unpaired) electrons. The molecule has 3 atom stereocenters. The molecule has 1 fully saturated rings. The SMILES string of the molecule is O=C(NCCCCCCO)C1C2CCc3ccccc3C21. The van der Waals surface area contributed by atoms with E-state index < -0.39 is 0 Å². The molecule has 114 valence electrons. The van der Waals surface area contributed by atoms with Crippen molar-refractivity contribution < 1.29 is 9.90 Å². The first-order valence-corrected chi connectivity index (χ1v) is 8.29. The Morgan fingerprint density at radius 1 is 1.19 bits per heavy atom. The van der Waals surface area contributed by atoms with E-state index in [-0.39, 0.29) is 18.4 Å². The molecule has 0 aromatic heterocycles. The summed E-state index contributed by atoms with van der Waals surface area (Å²) in [6.45, 7) is 1.05. The maximum Gasteiger partial charge on any atom is 0.224 e. The van der Waals surface area contributed by atoms with Crippen molar-refractivity contribution in [3.63, 3.8) is 0 Å². The van der Waals surface area contributed by atoms with Crippen molar-refractivity contribution >= 4 is 5.91 Å². The van der Waals surface area contributed by atoms with Gasteiger partial charge in [0.15, 0.2) is 0 Å². The molecule has 0 saturated heterocycles. The van der Waals surface area contributed by atoms with E-state index in [9.17, 15) is 4.79 Å². The van der Waals surface area contributed by atoms with Crippen molar-refractivity contribution in [2.75, 3.05) is 13.2 Å². The smallest absolute Gasteiger partial charge is 0.224 e. The van der Waals surface area contributed by atoms with Crippen LogP contribution >= 0.6 is 0 Å². The van der Waals surface area contributed by atoms with E-state index in [1.165, 1.54) is 11.1 Å². The number of fused-ring (bicyclic) bond motifs is 3. The van der Waals surface area contributed by atoms with Crippen molar-refractivity contribution in [1.82, 2.24) is 5.32 Å². The number of aliphatic hydroxyl groups is 1. The molecule has 3 unspecified atom stereocenters. The molecule has 1 aromatic rings. The Hall–Kier alpha value is -1.35. The quantitative estimate of drug-likeness (QED) is 0.757. The van der Waals surface area contributed by atoms with Crippen molar-refractivity contribution in [1.29, 1.82) is 0 Å². The van der Waals surface area contributed by atoms with Crippen LogP contribution in [0.3, 0.4) is 0 Å². The number of carbonyl (C=O) groups excluding carboxylic acids is 1. The largest absolute Gasteiger partial charge is 0.396 e. The molecule has 3 nitrogen and oxygen atoms in total. The fourth-order valence-corrected chi connectivity index (χ4v) is 3.84. The van der Waals surface area contributed by atoms with Crippen LogP contribution in [0.4, 0.5) is 0 Å². The number of benzene rings is 1. The maximum atomic E-state index is 12.3. The van der Waals surface area contributed by atoms with Crippen LogP contribution in [-0.4, -0.2) is 24.2 Å². The summed E-state index contributed by atoms with van der Waals surface area (Å²) < 4.78 is 0. The summed E-state index contributed by atoms with van der Waals surface area (Å²) in [4.78, 5) is 12.3. The van der Waals surface area contributed by atoms with Crippen LogP contribution in [0.15, 0.2) is 24.3 Å². The average molecular weight is 287 g/mol. The number of nitrogens with one attached hydrogen (secondary N) is 1. The van der Waals surface area contributed by atoms with E-state index in [4.69, 9.17) is 5.11 Å². The minimum atomic E-state index is 0.214. The zero-order chi connectivity index (χ0) is 14.7. The van der Waals surface area contributed by atoms with Gasteiger partial charge in [-0.3, -0.25) is 4.79 Å². The average Bonchev–Trinajstić information content (AvgIpc) is 3.25. The van der Waals surface area contributed by atoms with Gasteiger partial charge in [0, 0.05) is 19.1 Å². The summed E-state index contributed by atoms with van der Waals surface area (Å²) in [6, 6.07) is 8.60. The molecular formula is C18H25NO2. The van der Waals surface area contributed by atoms with Crippen LogP contribution in [-0.2, 0) is 11.2 Å².